The van der Waals surface area contributed by atoms with Gasteiger partial charge in [-0.25, -0.2) is 0 Å². The van der Waals surface area contributed by atoms with E-state index in [4.69, 9.17) is 11.6 Å². The molecule has 1 atom stereocenters. The number of nitrogens with one attached hydrogen (secondary N) is 1. The maximum absolute atomic E-state index is 12.9. The Balaban J connectivity index is 2.10. The quantitative estimate of drug-likeness (QED) is 0.831. The van der Waals surface area contributed by atoms with Crippen LogP contribution in [0.4, 0.5) is 0 Å². The zero-order valence-electron chi connectivity index (χ0n) is 15.6. The predicted molar refractivity (Wildman–Crippen MR) is 105 cm³/mol. The Hall–Kier alpha value is -2.33. The van der Waals surface area contributed by atoms with E-state index >= 15 is 0 Å². The number of carbonyl (C=O) groups excluding carboxylic acids is 2. The fourth-order valence-corrected chi connectivity index (χ4v) is 2.82. The van der Waals surface area contributed by atoms with Gasteiger partial charge in [-0.3, -0.25) is 9.59 Å². The first kappa shape index (κ1) is 20.0. The van der Waals surface area contributed by atoms with Gasteiger partial charge in [-0.2, -0.15) is 0 Å². The van der Waals surface area contributed by atoms with Crippen LogP contribution in [0.3, 0.4) is 0 Å². The normalized spacial score (nSPS) is 11.9. The molecule has 0 aliphatic carbocycles. The zero-order chi connectivity index (χ0) is 19.3. The molecule has 0 fully saturated rings. The van der Waals surface area contributed by atoms with E-state index in [0.29, 0.717) is 17.1 Å². The molecule has 0 saturated heterocycles. The van der Waals surface area contributed by atoms with Crippen molar-refractivity contribution in [1.29, 1.82) is 0 Å². The van der Waals surface area contributed by atoms with Crippen molar-refractivity contribution in [2.24, 2.45) is 5.92 Å². The lowest BCUT2D eigenvalue weighted by atomic mass is 10.0. The fourth-order valence-electron chi connectivity index (χ4n) is 2.70. The number of likely N-dealkylation sites (N-methyl/N-ethyl adjacent to an activating group) is 1. The van der Waals surface area contributed by atoms with Crippen molar-refractivity contribution in [3.8, 4) is 0 Å². The van der Waals surface area contributed by atoms with Crippen LogP contribution in [0, 0.1) is 12.8 Å². The van der Waals surface area contributed by atoms with Crippen molar-refractivity contribution >= 4 is 23.4 Å². The number of aryl methyl sites for hydroxylation is 1. The molecule has 0 unspecified atom stereocenters. The SMILES string of the molecule is Cc1ccccc1CN(C)C(=O)[C@@H](NC(=O)c1ccc(Cl)cc1)C(C)C. The van der Waals surface area contributed by atoms with Gasteiger partial charge in [0.25, 0.3) is 5.91 Å². The van der Waals surface area contributed by atoms with E-state index in [9.17, 15) is 9.59 Å². The summed E-state index contributed by atoms with van der Waals surface area (Å²) in [4.78, 5) is 27.1. The van der Waals surface area contributed by atoms with Gasteiger partial charge in [-0.15, -0.1) is 0 Å². The van der Waals surface area contributed by atoms with E-state index in [1.807, 2.05) is 45.0 Å². The molecule has 0 aromatic heterocycles. The van der Waals surface area contributed by atoms with Crippen molar-refractivity contribution in [2.75, 3.05) is 7.05 Å². The van der Waals surface area contributed by atoms with Crippen LogP contribution in [-0.4, -0.2) is 29.8 Å². The smallest absolute Gasteiger partial charge is 0.251 e. The van der Waals surface area contributed by atoms with Gasteiger partial charge in [0, 0.05) is 24.2 Å². The first-order valence-corrected chi connectivity index (χ1v) is 9.03. The van der Waals surface area contributed by atoms with Gasteiger partial charge in [-0.1, -0.05) is 49.7 Å². The fraction of sp³-hybridized carbons (Fsp3) is 0.333. The lowest BCUT2D eigenvalue weighted by Gasteiger charge is -2.27. The van der Waals surface area contributed by atoms with Crippen LogP contribution < -0.4 is 5.32 Å². The number of hydrogen-bond acceptors (Lipinski definition) is 2. The molecule has 26 heavy (non-hydrogen) atoms. The van der Waals surface area contributed by atoms with Gasteiger partial charge >= 0.3 is 0 Å². The van der Waals surface area contributed by atoms with E-state index in [0.717, 1.165) is 11.1 Å². The summed E-state index contributed by atoms with van der Waals surface area (Å²) in [6.45, 7) is 6.38. The van der Waals surface area contributed by atoms with Crippen molar-refractivity contribution in [3.05, 3.63) is 70.2 Å². The third-order valence-electron chi connectivity index (χ3n) is 4.37. The third kappa shape index (κ3) is 5.09. The van der Waals surface area contributed by atoms with E-state index in [1.54, 1.807) is 36.2 Å². The van der Waals surface area contributed by atoms with Crippen molar-refractivity contribution in [1.82, 2.24) is 10.2 Å². The topological polar surface area (TPSA) is 49.4 Å². The van der Waals surface area contributed by atoms with Crippen molar-refractivity contribution in [2.45, 2.75) is 33.4 Å². The molecule has 0 bridgehead atoms. The highest BCUT2D eigenvalue weighted by molar-refractivity contribution is 6.30. The third-order valence-corrected chi connectivity index (χ3v) is 4.62. The number of benzene rings is 2. The summed E-state index contributed by atoms with van der Waals surface area (Å²) in [6.07, 6.45) is 0. The van der Waals surface area contributed by atoms with E-state index < -0.39 is 6.04 Å². The van der Waals surface area contributed by atoms with Crippen LogP contribution in [0.1, 0.15) is 35.3 Å². The van der Waals surface area contributed by atoms with Gasteiger partial charge in [0.05, 0.1) is 0 Å². The maximum Gasteiger partial charge on any atom is 0.251 e. The lowest BCUT2D eigenvalue weighted by molar-refractivity contribution is -0.133. The molecule has 2 amide bonds. The van der Waals surface area contributed by atoms with Gasteiger partial charge in [-0.05, 0) is 48.2 Å². The summed E-state index contributed by atoms with van der Waals surface area (Å²) in [5, 5.41) is 3.43. The van der Waals surface area contributed by atoms with Crippen LogP contribution in [0.2, 0.25) is 5.02 Å². The molecule has 2 aromatic carbocycles. The molecule has 0 heterocycles. The summed E-state index contributed by atoms with van der Waals surface area (Å²) in [5.41, 5.74) is 2.71. The van der Waals surface area contributed by atoms with Gasteiger partial charge < -0.3 is 10.2 Å². The Kier molecular flexibility index (Phi) is 6.81. The largest absolute Gasteiger partial charge is 0.340 e. The lowest BCUT2D eigenvalue weighted by Crippen LogP contribution is -2.50. The summed E-state index contributed by atoms with van der Waals surface area (Å²) in [6, 6.07) is 14.0. The molecule has 0 aliphatic rings. The van der Waals surface area contributed by atoms with Crippen LogP contribution >= 0.6 is 11.6 Å². The summed E-state index contributed by atoms with van der Waals surface area (Å²) >= 11 is 5.86. The minimum absolute atomic E-state index is 0.0296. The molecular formula is C21H25ClN2O2. The first-order valence-electron chi connectivity index (χ1n) is 8.65. The Morgan fingerprint density at radius 2 is 1.69 bits per heavy atom. The van der Waals surface area contributed by atoms with Gasteiger partial charge in [0.15, 0.2) is 0 Å². The Morgan fingerprint density at radius 3 is 2.27 bits per heavy atom. The average molecular weight is 373 g/mol. The summed E-state index contributed by atoms with van der Waals surface area (Å²) in [7, 11) is 1.76. The molecule has 0 spiro atoms. The van der Waals surface area contributed by atoms with Crippen molar-refractivity contribution < 1.29 is 9.59 Å². The van der Waals surface area contributed by atoms with Crippen LogP contribution in [-0.2, 0) is 11.3 Å². The minimum Gasteiger partial charge on any atom is -0.340 e. The molecule has 0 saturated carbocycles. The highest BCUT2D eigenvalue weighted by Crippen LogP contribution is 2.14. The summed E-state index contributed by atoms with van der Waals surface area (Å²) < 4.78 is 0. The maximum atomic E-state index is 12.9. The summed E-state index contributed by atoms with van der Waals surface area (Å²) in [5.74, 6) is -0.415. The molecule has 0 radical (unpaired) electrons. The molecule has 0 aliphatic heterocycles. The second kappa shape index (κ2) is 8.86. The highest BCUT2D eigenvalue weighted by Gasteiger charge is 2.27. The number of hydrogen-bond donors (Lipinski definition) is 1. The Labute approximate surface area is 160 Å². The number of amides is 2. The molecule has 1 N–H and O–H groups in total. The molecule has 2 aromatic rings. The second-order valence-corrected chi connectivity index (χ2v) is 7.26. The van der Waals surface area contributed by atoms with Gasteiger partial charge in [0.2, 0.25) is 5.91 Å². The van der Waals surface area contributed by atoms with Crippen LogP contribution in [0.5, 0.6) is 0 Å². The predicted octanol–water partition coefficient (Wildman–Crippen LogP) is 4.06. The van der Waals surface area contributed by atoms with E-state index in [1.165, 1.54) is 0 Å². The van der Waals surface area contributed by atoms with Crippen LogP contribution in [0.15, 0.2) is 48.5 Å². The van der Waals surface area contributed by atoms with Gasteiger partial charge in [0.1, 0.15) is 6.04 Å². The number of rotatable bonds is 6. The zero-order valence-corrected chi connectivity index (χ0v) is 16.4. The Bertz CT molecular complexity index is 772. The minimum atomic E-state index is -0.591. The van der Waals surface area contributed by atoms with Crippen molar-refractivity contribution in [3.63, 3.8) is 0 Å². The van der Waals surface area contributed by atoms with Crippen LogP contribution in [0.25, 0.3) is 0 Å². The molecule has 2 rings (SSSR count). The monoisotopic (exact) mass is 372 g/mol. The first-order chi connectivity index (χ1) is 12.3. The molecule has 5 heteroatoms. The second-order valence-electron chi connectivity index (χ2n) is 6.82. The Morgan fingerprint density at radius 1 is 1.08 bits per heavy atom. The molecular weight excluding hydrogens is 348 g/mol. The average Bonchev–Trinajstić information content (AvgIpc) is 2.61. The number of nitrogens with zero attached hydrogens (tertiary/aromatic N) is 1. The molecule has 4 nitrogen and oxygen atoms in total. The number of halogens is 1. The standard InChI is InChI=1S/C21H25ClN2O2/c1-14(2)19(23-20(25)16-9-11-18(22)12-10-16)21(26)24(4)13-17-8-6-5-7-15(17)3/h5-12,14,19H,13H2,1-4H3,(H,23,25)/t19-/m0/s1. The van der Waals surface area contributed by atoms with E-state index in [-0.39, 0.29) is 17.7 Å². The highest BCUT2D eigenvalue weighted by atomic mass is 35.5. The van der Waals surface area contributed by atoms with E-state index in [2.05, 4.69) is 5.32 Å². The number of carbonyl (C=O) groups is 2. The molecule has 138 valence electrons.